The van der Waals surface area contributed by atoms with Gasteiger partial charge in [-0.05, 0) is 51.8 Å². The van der Waals surface area contributed by atoms with Crippen molar-refractivity contribution in [1.29, 1.82) is 0 Å². The molecule has 4 aliphatic rings. The van der Waals surface area contributed by atoms with E-state index < -0.39 is 42.3 Å². The fourth-order valence-corrected chi connectivity index (χ4v) is 7.88. The lowest BCUT2D eigenvalue weighted by Gasteiger charge is -2.60. The third kappa shape index (κ3) is 4.92. The number of phenols is 1. The summed E-state index contributed by atoms with van der Waals surface area (Å²) in [5.41, 5.74) is 4.42. The number of piperazine rings is 1. The predicted molar refractivity (Wildman–Crippen MR) is 165 cm³/mol. The van der Waals surface area contributed by atoms with Crippen molar-refractivity contribution >= 4 is 17.8 Å². The topological polar surface area (TPSA) is 159 Å². The standard InChI is InChI=1S/C33H42N4O9/c1-8-23(39)35-16(4)32(41)34-12-22-25-19(29(46-17(5)38)15(3)30-31(25)45-13-44-30)11-20-26-24-18(9-14(2)28(43-7)27(24)40)10-21(36(26)6)33(42)37(20)22/h9,16,20-22,26,33,40,42H,8,10-13H2,1-7H3,(H,34,41)(H,35,39)/t16-,20?,21-,22-,26+,33-/m0/s1. The molecule has 1 saturated heterocycles. The molecule has 0 aromatic heterocycles. The lowest BCUT2D eigenvalue weighted by atomic mass is 9.73. The second-order valence-electron chi connectivity index (χ2n) is 12.6. The monoisotopic (exact) mass is 638 g/mol. The highest BCUT2D eigenvalue weighted by Crippen LogP contribution is 2.58. The van der Waals surface area contributed by atoms with Crippen LogP contribution in [0.2, 0.25) is 0 Å². The van der Waals surface area contributed by atoms with E-state index in [0.29, 0.717) is 52.5 Å². The number of rotatable bonds is 7. The number of carbonyl (C=O) groups is 3. The fourth-order valence-electron chi connectivity index (χ4n) is 7.88. The van der Waals surface area contributed by atoms with Crippen molar-refractivity contribution in [2.75, 3.05) is 27.5 Å². The van der Waals surface area contributed by atoms with E-state index in [4.69, 9.17) is 18.9 Å². The summed E-state index contributed by atoms with van der Waals surface area (Å²) in [5, 5.41) is 29.4. The largest absolute Gasteiger partial charge is 0.504 e. The summed E-state index contributed by atoms with van der Waals surface area (Å²) in [6, 6.07) is -0.599. The molecule has 2 aromatic carbocycles. The van der Waals surface area contributed by atoms with Gasteiger partial charge < -0.3 is 39.8 Å². The molecule has 4 heterocycles. The van der Waals surface area contributed by atoms with Gasteiger partial charge in [-0.2, -0.15) is 0 Å². The molecule has 0 aliphatic carbocycles. The van der Waals surface area contributed by atoms with E-state index >= 15 is 0 Å². The number of aromatic hydroxyl groups is 1. The Balaban J connectivity index is 1.52. The molecule has 248 valence electrons. The third-order valence-electron chi connectivity index (χ3n) is 9.90. The Morgan fingerprint density at radius 2 is 1.83 bits per heavy atom. The van der Waals surface area contributed by atoms with E-state index in [-0.39, 0.29) is 37.5 Å². The van der Waals surface area contributed by atoms with Crippen LogP contribution in [-0.2, 0) is 27.2 Å². The maximum Gasteiger partial charge on any atom is 0.308 e. The molecule has 0 saturated carbocycles. The van der Waals surface area contributed by atoms with Crippen molar-refractivity contribution in [2.45, 2.75) is 90.3 Å². The number of nitrogens with one attached hydrogen (secondary N) is 2. The van der Waals surface area contributed by atoms with Gasteiger partial charge in [-0.1, -0.05) is 13.0 Å². The van der Waals surface area contributed by atoms with E-state index in [1.807, 2.05) is 24.9 Å². The van der Waals surface area contributed by atoms with E-state index in [2.05, 4.69) is 15.5 Å². The number of benzene rings is 2. The van der Waals surface area contributed by atoms with Crippen molar-refractivity contribution in [3.63, 3.8) is 0 Å². The zero-order valence-electron chi connectivity index (χ0n) is 27.2. The van der Waals surface area contributed by atoms with Gasteiger partial charge in [-0.15, -0.1) is 0 Å². The Morgan fingerprint density at radius 1 is 1.11 bits per heavy atom. The number of nitrogens with zero attached hydrogens (tertiary/aromatic N) is 2. The van der Waals surface area contributed by atoms with Crippen LogP contribution in [0.1, 0.15) is 72.7 Å². The zero-order valence-corrected chi connectivity index (χ0v) is 27.2. The van der Waals surface area contributed by atoms with Gasteiger partial charge in [0.2, 0.25) is 18.6 Å². The number of aryl methyl sites for hydroxylation is 1. The first-order valence-corrected chi connectivity index (χ1v) is 15.7. The van der Waals surface area contributed by atoms with Gasteiger partial charge in [0.25, 0.3) is 0 Å². The summed E-state index contributed by atoms with van der Waals surface area (Å²) in [6.45, 7) is 8.36. The number of aliphatic hydroxyl groups is 1. The van der Waals surface area contributed by atoms with Crippen LogP contribution in [0.4, 0.5) is 0 Å². The van der Waals surface area contributed by atoms with Gasteiger partial charge in [-0.25, -0.2) is 0 Å². The van der Waals surface area contributed by atoms with Crippen LogP contribution < -0.4 is 29.6 Å². The first kappa shape index (κ1) is 31.9. The second kappa shape index (κ2) is 11.9. The van der Waals surface area contributed by atoms with Gasteiger partial charge in [-0.3, -0.25) is 24.2 Å². The number of ether oxygens (including phenoxy) is 4. The molecule has 2 amide bonds. The number of hydrogen-bond donors (Lipinski definition) is 4. The van der Waals surface area contributed by atoms with Gasteiger partial charge in [0.1, 0.15) is 18.0 Å². The summed E-state index contributed by atoms with van der Waals surface area (Å²) in [7, 11) is 3.46. The molecule has 4 aliphatic heterocycles. The summed E-state index contributed by atoms with van der Waals surface area (Å²) in [5.74, 6) is 0.589. The van der Waals surface area contributed by atoms with Crippen LogP contribution in [0.15, 0.2) is 6.07 Å². The predicted octanol–water partition coefficient (Wildman–Crippen LogP) is 1.90. The summed E-state index contributed by atoms with van der Waals surface area (Å²) < 4.78 is 23.3. The molecule has 13 nitrogen and oxygen atoms in total. The number of carbonyl (C=O) groups excluding carboxylic acids is 3. The maximum absolute atomic E-state index is 13.3. The fraction of sp³-hybridized carbons (Fsp3) is 0.545. The van der Waals surface area contributed by atoms with Crippen molar-refractivity contribution in [3.8, 4) is 28.7 Å². The SMILES string of the molecule is CCC(=O)N[C@@H](C)C(=O)NC[C@H]1c2c(c(OC(C)=O)c(C)c3c2OCO3)CC2[C@@H]3c4c(cc(C)c(OC)c4O)C[C@@H]([C@H](O)N21)N3C. The van der Waals surface area contributed by atoms with Crippen molar-refractivity contribution < 1.29 is 43.5 Å². The van der Waals surface area contributed by atoms with E-state index in [1.165, 1.54) is 14.0 Å². The lowest BCUT2D eigenvalue weighted by molar-refractivity contribution is -0.172. The number of methoxy groups -OCH3 is 1. The summed E-state index contributed by atoms with van der Waals surface area (Å²) in [4.78, 5) is 41.8. The number of hydrogen-bond acceptors (Lipinski definition) is 11. The summed E-state index contributed by atoms with van der Waals surface area (Å²) in [6.07, 6.45) is 0.0667. The highest BCUT2D eigenvalue weighted by molar-refractivity contribution is 5.87. The molecule has 13 heteroatoms. The number of esters is 1. The van der Waals surface area contributed by atoms with Crippen LogP contribution in [0.3, 0.4) is 0 Å². The van der Waals surface area contributed by atoms with Crippen molar-refractivity contribution in [3.05, 3.63) is 39.4 Å². The van der Waals surface area contributed by atoms with Crippen molar-refractivity contribution in [1.82, 2.24) is 20.4 Å². The number of aliphatic hydroxyl groups excluding tert-OH is 1. The molecule has 6 rings (SSSR count). The smallest absolute Gasteiger partial charge is 0.308 e. The number of likely N-dealkylation sites (N-methyl/N-ethyl adjacent to an activating group) is 1. The summed E-state index contributed by atoms with van der Waals surface area (Å²) >= 11 is 0. The van der Waals surface area contributed by atoms with Gasteiger partial charge >= 0.3 is 5.97 Å². The highest BCUT2D eigenvalue weighted by Gasteiger charge is 2.56. The Morgan fingerprint density at radius 3 is 2.50 bits per heavy atom. The maximum atomic E-state index is 13.3. The average Bonchev–Trinajstić information content (AvgIpc) is 3.50. The number of amides is 2. The Hall–Kier alpha value is -4.07. The molecular weight excluding hydrogens is 596 g/mol. The number of fused-ring (bicyclic) bond motifs is 9. The molecule has 0 radical (unpaired) electrons. The van der Waals surface area contributed by atoms with Crippen LogP contribution in [0, 0.1) is 13.8 Å². The van der Waals surface area contributed by atoms with E-state index in [0.717, 1.165) is 16.7 Å². The Kier molecular flexibility index (Phi) is 8.28. The van der Waals surface area contributed by atoms with Crippen LogP contribution in [-0.4, -0.2) is 89.6 Å². The van der Waals surface area contributed by atoms with Gasteiger partial charge in [0.05, 0.1) is 25.2 Å². The second-order valence-corrected chi connectivity index (χ2v) is 12.6. The molecule has 4 N–H and O–H groups in total. The Labute approximate surface area is 267 Å². The highest BCUT2D eigenvalue weighted by atomic mass is 16.7. The molecule has 1 unspecified atom stereocenters. The van der Waals surface area contributed by atoms with E-state index in [1.54, 1.807) is 20.8 Å². The van der Waals surface area contributed by atoms with Crippen molar-refractivity contribution in [2.24, 2.45) is 0 Å². The normalized spacial score (nSPS) is 25.1. The quantitative estimate of drug-likeness (QED) is 0.259. The molecule has 2 bridgehead atoms. The molecule has 6 atom stereocenters. The molecule has 0 spiro atoms. The first-order chi connectivity index (χ1) is 21.9. The molecule has 46 heavy (non-hydrogen) atoms. The Bertz CT molecular complexity index is 1610. The number of phenolic OH excluding ortho intramolecular Hbond substituents is 1. The minimum atomic E-state index is -0.979. The van der Waals surface area contributed by atoms with Crippen LogP contribution in [0.25, 0.3) is 0 Å². The van der Waals surface area contributed by atoms with E-state index in [9.17, 15) is 24.6 Å². The minimum absolute atomic E-state index is 0.0360. The molecule has 1 fully saturated rings. The van der Waals surface area contributed by atoms with Crippen LogP contribution >= 0.6 is 0 Å². The zero-order chi connectivity index (χ0) is 33.2. The molecular formula is C33H42N4O9. The third-order valence-corrected chi connectivity index (χ3v) is 9.90. The molecule has 2 aromatic rings. The van der Waals surface area contributed by atoms with Crippen LogP contribution in [0.5, 0.6) is 28.7 Å². The van der Waals surface area contributed by atoms with Gasteiger partial charge in [0.15, 0.2) is 23.0 Å². The van der Waals surface area contributed by atoms with Gasteiger partial charge in [0, 0.05) is 48.2 Å². The average molecular weight is 639 g/mol. The minimum Gasteiger partial charge on any atom is -0.504 e. The first-order valence-electron chi connectivity index (χ1n) is 15.7. The lowest BCUT2D eigenvalue weighted by Crippen LogP contribution is -2.69.